The molecule has 0 aliphatic heterocycles. The van der Waals surface area contributed by atoms with Gasteiger partial charge in [-0.3, -0.25) is 9.59 Å². The highest BCUT2D eigenvalue weighted by molar-refractivity contribution is 5.87. The molecule has 148 valence electrons. The zero-order valence-corrected chi connectivity index (χ0v) is 15.7. The van der Waals surface area contributed by atoms with E-state index in [0.29, 0.717) is 25.9 Å². The molecule has 0 aromatic heterocycles. The minimum absolute atomic E-state index is 0.0727. The summed E-state index contributed by atoms with van der Waals surface area (Å²) in [7, 11) is 0. The SMILES string of the molecule is O=C([O-])CCCNC(=O)CCCNC(=O)C(c1ccccc1)c1ccccc1. The highest BCUT2D eigenvalue weighted by Crippen LogP contribution is 2.24. The average Bonchev–Trinajstić information content (AvgIpc) is 2.70. The van der Waals surface area contributed by atoms with Crippen LogP contribution in [0.15, 0.2) is 60.7 Å². The molecule has 2 aromatic rings. The zero-order valence-electron chi connectivity index (χ0n) is 15.7. The quantitative estimate of drug-likeness (QED) is 0.574. The van der Waals surface area contributed by atoms with Crippen LogP contribution in [0.3, 0.4) is 0 Å². The van der Waals surface area contributed by atoms with Crippen LogP contribution in [0.2, 0.25) is 0 Å². The molecule has 0 fully saturated rings. The molecule has 2 N–H and O–H groups in total. The van der Waals surface area contributed by atoms with Crippen LogP contribution in [0.4, 0.5) is 0 Å². The van der Waals surface area contributed by atoms with E-state index in [4.69, 9.17) is 0 Å². The summed E-state index contributed by atoms with van der Waals surface area (Å²) in [5, 5.41) is 15.9. The number of aliphatic carboxylic acids is 1. The molecule has 0 spiro atoms. The molecule has 0 saturated carbocycles. The molecule has 6 nitrogen and oxygen atoms in total. The van der Waals surface area contributed by atoms with Crippen molar-refractivity contribution in [2.75, 3.05) is 13.1 Å². The lowest BCUT2D eigenvalue weighted by Crippen LogP contribution is -2.32. The third-order valence-electron chi connectivity index (χ3n) is 4.29. The van der Waals surface area contributed by atoms with E-state index >= 15 is 0 Å². The lowest BCUT2D eigenvalue weighted by Gasteiger charge is -2.18. The van der Waals surface area contributed by atoms with Crippen molar-refractivity contribution >= 4 is 17.8 Å². The van der Waals surface area contributed by atoms with Crippen molar-refractivity contribution in [1.82, 2.24) is 10.6 Å². The number of amides is 2. The van der Waals surface area contributed by atoms with Crippen molar-refractivity contribution in [2.45, 2.75) is 31.6 Å². The van der Waals surface area contributed by atoms with Gasteiger partial charge in [0.2, 0.25) is 11.8 Å². The summed E-state index contributed by atoms with van der Waals surface area (Å²) in [5.74, 6) is -1.79. The van der Waals surface area contributed by atoms with Gasteiger partial charge in [-0.25, -0.2) is 0 Å². The van der Waals surface area contributed by atoms with Crippen LogP contribution in [0, 0.1) is 0 Å². The number of benzene rings is 2. The molecular formula is C22H25N2O4-. The molecular weight excluding hydrogens is 356 g/mol. The largest absolute Gasteiger partial charge is 0.550 e. The summed E-state index contributed by atoms with van der Waals surface area (Å²) in [4.78, 5) is 34.8. The Labute approximate surface area is 165 Å². The van der Waals surface area contributed by atoms with E-state index in [1.807, 2.05) is 60.7 Å². The Balaban J connectivity index is 1.81. The summed E-state index contributed by atoms with van der Waals surface area (Å²) in [6.07, 6.45) is 1.05. The Bertz CT molecular complexity index is 723. The van der Waals surface area contributed by atoms with Gasteiger partial charge in [0.05, 0.1) is 5.92 Å². The Kier molecular flexibility index (Phi) is 8.72. The van der Waals surface area contributed by atoms with Crippen molar-refractivity contribution < 1.29 is 19.5 Å². The van der Waals surface area contributed by atoms with Crippen LogP contribution in [0.25, 0.3) is 0 Å². The second kappa shape index (κ2) is 11.5. The molecule has 2 rings (SSSR count). The number of carbonyl (C=O) groups excluding carboxylic acids is 3. The number of hydrogen-bond acceptors (Lipinski definition) is 4. The van der Waals surface area contributed by atoms with Gasteiger partial charge in [-0.1, -0.05) is 60.7 Å². The first-order chi connectivity index (χ1) is 13.6. The van der Waals surface area contributed by atoms with Gasteiger partial charge >= 0.3 is 0 Å². The van der Waals surface area contributed by atoms with Crippen molar-refractivity contribution in [1.29, 1.82) is 0 Å². The van der Waals surface area contributed by atoms with Crippen molar-refractivity contribution in [3.05, 3.63) is 71.8 Å². The summed E-state index contributed by atoms with van der Waals surface area (Å²) < 4.78 is 0. The van der Waals surface area contributed by atoms with Gasteiger partial charge in [-0.15, -0.1) is 0 Å². The van der Waals surface area contributed by atoms with Crippen molar-refractivity contribution in [2.24, 2.45) is 0 Å². The number of carboxylic acid groups (broad SMARTS) is 1. The van der Waals surface area contributed by atoms with Gasteiger partial charge in [-0.2, -0.15) is 0 Å². The Morgan fingerprint density at radius 1 is 0.750 bits per heavy atom. The fraction of sp³-hybridized carbons (Fsp3) is 0.318. The van der Waals surface area contributed by atoms with Gasteiger partial charge in [0.1, 0.15) is 0 Å². The fourth-order valence-electron chi connectivity index (χ4n) is 2.90. The maximum absolute atomic E-state index is 12.8. The number of carboxylic acids is 1. The van der Waals surface area contributed by atoms with E-state index in [1.165, 1.54) is 0 Å². The molecule has 0 aliphatic carbocycles. The lowest BCUT2D eigenvalue weighted by atomic mass is 9.90. The molecule has 2 aromatic carbocycles. The van der Waals surface area contributed by atoms with E-state index in [0.717, 1.165) is 11.1 Å². The topological polar surface area (TPSA) is 98.3 Å². The highest BCUT2D eigenvalue weighted by Gasteiger charge is 2.21. The maximum Gasteiger partial charge on any atom is 0.232 e. The van der Waals surface area contributed by atoms with E-state index in [-0.39, 0.29) is 24.7 Å². The predicted octanol–water partition coefficient (Wildman–Crippen LogP) is 1.36. The van der Waals surface area contributed by atoms with Crippen LogP contribution in [0.1, 0.15) is 42.7 Å². The monoisotopic (exact) mass is 381 g/mol. The van der Waals surface area contributed by atoms with Crippen LogP contribution in [-0.4, -0.2) is 30.9 Å². The molecule has 0 radical (unpaired) electrons. The fourth-order valence-corrected chi connectivity index (χ4v) is 2.90. The number of hydrogen-bond donors (Lipinski definition) is 2. The summed E-state index contributed by atoms with van der Waals surface area (Å²) in [6.45, 7) is 0.699. The minimum atomic E-state index is -1.12. The summed E-state index contributed by atoms with van der Waals surface area (Å²) in [5.41, 5.74) is 1.83. The maximum atomic E-state index is 12.8. The third kappa shape index (κ3) is 7.23. The second-order valence-electron chi connectivity index (χ2n) is 6.47. The first-order valence-electron chi connectivity index (χ1n) is 9.42. The minimum Gasteiger partial charge on any atom is -0.550 e. The van der Waals surface area contributed by atoms with Gasteiger partial charge in [-0.05, 0) is 30.4 Å². The Hall–Kier alpha value is -3.15. The number of nitrogens with one attached hydrogen (secondary N) is 2. The first kappa shape index (κ1) is 21.2. The molecule has 0 atom stereocenters. The molecule has 0 saturated heterocycles. The van der Waals surface area contributed by atoms with Gasteiger partial charge < -0.3 is 20.5 Å². The standard InChI is InChI=1S/C22H26N2O4/c25-19(23-15-8-14-20(26)27)13-7-16-24-22(28)21(17-9-3-1-4-10-17)18-11-5-2-6-12-18/h1-6,9-12,21H,7-8,13-16H2,(H,23,25)(H,24,28)(H,26,27)/p-1. The normalized spacial score (nSPS) is 10.5. The van der Waals surface area contributed by atoms with E-state index in [2.05, 4.69) is 10.6 Å². The molecule has 2 amide bonds. The predicted molar refractivity (Wildman–Crippen MR) is 104 cm³/mol. The lowest BCUT2D eigenvalue weighted by molar-refractivity contribution is -0.305. The van der Waals surface area contributed by atoms with Crippen LogP contribution in [0.5, 0.6) is 0 Å². The zero-order chi connectivity index (χ0) is 20.2. The number of rotatable bonds is 11. The molecule has 0 unspecified atom stereocenters. The molecule has 0 heterocycles. The summed E-state index contributed by atoms with van der Waals surface area (Å²) >= 11 is 0. The van der Waals surface area contributed by atoms with Crippen molar-refractivity contribution in [3.8, 4) is 0 Å². The molecule has 28 heavy (non-hydrogen) atoms. The van der Waals surface area contributed by atoms with E-state index in [1.54, 1.807) is 0 Å². The van der Waals surface area contributed by atoms with Crippen LogP contribution in [-0.2, 0) is 14.4 Å². The first-order valence-corrected chi connectivity index (χ1v) is 9.42. The molecule has 0 bridgehead atoms. The highest BCUT2D eigenvalue weighted by atomic mass is 16.4. The molecule has 6 heteroatoms. The number of carbonyl (C=O) groups is 3. The van der Waals surface area contributed by atoms with Gasteiger partial charge in [0, 0.05) is 25.5 Å². The van der Waals surface area contributed by atoms with E-state index in [9.17, 15) is 19.5 Å². The van der Waals surface area contributed by atoms with Crippen molar-refractivity contribution in [3.63, 3.8) is 0 Å². The summed E-state index contributed by atoms with van der Waals surface area (Å²) in [6, 6.07) is 19.2. The smallest absolute Gasteiger partial charge is 0.232 e. The van der Waals surface area contributed by atoms with Gasteiger partial charge in [0.25, 0.3) is 0 Å². The average molecular weight is 381 g/mol. The Morgan fingerprint density at radius 2 is 1.25 bits per heavy atom. The van der Waals surface area contributed by atoms with E-state index < -0.39 is 11.9 Å². The molecule has 0 aliphatic rings. The van der Waals surface area contributed by atoms with Crippen LogP contribution >= 0.6 is 0 Å². The van der Waals surface area contributed by atoms with Gasteiger partial charge in [0.15, 0.2) is 0 Å². The second-order valence-corrected chi connectivity index (χ2v) is 6.47. The van der Waals surface area contributed by atoms with Crippen LogP contribution < -0.4 is 15.7 Å². The Morgan fingerprint density at radius 3 is 1.79 bits per heavy atom. The third-order valence-corrected chi connectivity index (χ3v) is 4.29.